The molecule has 21 rings (SSSR count). The highest BCUT2D eigenvalue weighted by Gasteiger charge is 2.55. The molecule has 2 aliphatic heterocycles. The summed E-state index contributed by atoms with van der Waals surface area (Å²) in [7, 11) is 0. The predicted octanol–water partition coefficient (Wildman–Crippen LogP) is 21.1. The molecule has 0 radical (unpaired) electrons. The van der Waals surface area contributed by atoms with Gasteiger partial charge in [-0.2, -0.15) is 5.26 Å². The lowest BCUT2D eigenvalue weighted by atomic mass is 9.65. The topological polar surface area (TPSA) is 81.8 Å². The zero-order chi connectivity index (χ0) is 61.5. The molecule has 9 nitrogen and oxygen atoms in total. The Morgan fingerprint density at radius 2 is 0.777 bits per heavy atom. The second-order valence-electron chi connectivity index (χ2n) is 24.7. The van der Waals surface area contributed by atoms with E-state index in [1.54, 1.807) is 11.8 Å². The van der Waals surface area contributed by atoms with Crippen molar-refractivity contribution in [2.45, 2.75) is 15.2 Å². The van der Waals surface area contributed by atoms with Crippen LogP contribution in [-0.4, -0.2) is 28.2 Å². The quantitative estimate of drug-likeness (QED) is 0.171. The van der Waals surface area contributed by atoms with Crippen LogP contribution < -0.4 is 9.64 Å². The molecule has 18 aromatic rings. The molecule has 0 saturated heterocycles. The Hall–Kier alpha value is -12.4. The number of nitrogens with zero attached hydrogens (tertiary/aromatic N) is 8. The van der Waals surface area contributed by atoms with Gasteiger partial charge in [-0.15, -0.1) is 0 Å². The fourth-order valence-corrected chi connectivity index (χ4v) is 17.4. The number of pyridine rings is 2. The summed E-state index contributed by atoms with van der Waals surface area (Å²) in [5.41, 5.74) is 20.8. The van der Waals surface area contributed by atoms with Gasteiger partial charge in [0.1, 0.15) is 11.5 Å². The van der Waals surface area contributed by atoms with E-state index in [4.69, 9.17) is 14.7 Å². The summed E-state index contributed by atoms with van der Waals surface area (Å²) in [6.45, 7) is 0. The minimum absolute atomic E-state index is 0.638. The van der Waals surface area contributed by atoms with Gasteiger partial charge in [-0.1, -0.05) is 163 Å². The third kappa shape index (κ3) is 6.81. The number of nitriles is 1. The fourth-order valence-electron chi connectivity index (χ4n) is 16.3. The van der Waals surface area contributed by atoms with E-state index in [-0.39, 0.29) is 0 Å². The average molecular weight is 1220 g/mol. The van der Waals surface area contributed by atoms with Crippen molar-refractivity contribution in [2.24, 2.45) is 0 Å². The molecule has 0 bridgehead atoms. The number of ether oxygens (including phenoxy) is 1. The lowest BCUT2D eigenvalue weighted by Gasteiger charge is -2.41. The molecule has 94 heavy (non-hydrogen) atoms. The smallest absolute Gasteiger partial charge is 0.134 e. The molecule has 8 heterocycles. The maximum Gasteiger partial charge on any atom is 0.134 e. The van der Waals surface area contributed by atoms with Crippen molar-refractivity contribution in [1.29, 1.82) is 5.26 Å². The molecule has 0 N–H and O–H groups in total. The molecule has 0 amide bonds. The Balaban J connectivity index is 0.855. The molecule has 0 saturated carbocycles. The lowest BCUT2D eigenvalue weighted by molar-refractivity contribution is 0.436. The third-order valence-corrected chi connectivity index (χ3v) is 21.2. The normalized spacial score (nSPS) is 13.4. The first-order valence-corrected chi connectivity index (χ1v) is 32.5. The van der Waals surface area contributed by atoms with E-state index in [0.717, 1.165) is 150 Å². The number of hydrogen-bond acceptors (Lipinski definition) is 6. The summed E-state index contributed by atoms with van der Waals surface area (Å²) >= 11 is 1.78. The number of anilines is 3. The summed E-state index contributed by atoms with van der Waals surface area (Å²) in [6.07, 6.45) is 4.10. The summed E-state index contributed by atoms with van der Waals surface area (Å²) in [4.78, 5) is 16.0. The molecule has 0 atom stereocenters. The minimum Gasteiger partial charge on any atom is -0.457 e. The second kappa shape index (κ2) is 19.1. The van der Waals surface area contributed by atoms with Crippen LogP contribution in [0.25, 0.3) is 121 Å². The minimum atomic E-state index is -1.11. The zero-order valence-corrected chi connectivity index (χ0v) is 50.9. The van der Waals surface area contributed by atoms with E-state index >= 15 is 0 Å². The van der Waals surface area contributed by atoms with E-state index in [1.807, 2.05) is 24.5 Å². The van der Waals surface area contributed by atoms with Gasteiger partial charge in [-0.3, -0.25) is 9.97 Å². The van der Waals surface area contributed by atoms with Gasteiger partial charge in [0.15, 0.2) is 0 Å². The lowest BCUT2D eigenvalue weighted by Crippen LogP contribution is -2.34. The van der Waals surface area contributed by atoms with Crippen molar-refractivity contribution in [2.75, 3.05) is 4.90 Å². The highest BCUT2D eigenvalue weighted by molar-refractivity contribution is 7.99. The number of fused-ring (bicyclic) bond motifs is 23. The molecular formula is C84H48N8OS. The van der Waals surface area contributed by atoms with Gasteiger partial charge >= 0.3 is 0 Å². The maximum atomic E-state index is 10.00. The molecule has 436 valence electrons. The zero-order valence-electron chi connectivity index (χ0n) is 50.1. The number of aromatic nitrogens is 6. The molecular weight excluding hydrogens is 1170 g/mol. The van der Waals surface area contributed by atoms with E-state index in [9.17, 15) is 5.26 Å². The van der Waals surface area contributed by atoms with Gasteiger partial charge < -0.3 is 27.9 Å². The van der Waals surface area contributed by atoms with Gasteiger partial charge in [0, 0.05) is 92.6 Å². The highest BCUT2D eigenvalue weighted by atomic mass is 32.2. The van der Waals surface area contributed by atoms with Crippen LogP contribution in [0.5, 0.6) is 11.5 Å². The Labute approximate surface area is 542 Å². The molecule has 0 fully saturated rings. The van der Waals surface area contributed by atoms with E-state index in [0.29, 0.717) is 5.56 Å². The van der Waals surface area contributed by atoms with Gasteiger partial charge in [0.2, 0.25) is 0 Å². The van der Waals surface area contributed by atoms with Crippen molar-refractivity contribution < 1.29 is 4.74 Å². The summed E-state index contributed by atoms with van der Waals surface area (Å²) in [5, 5.41) is 19.2. The van der Waals surface area contributed by atoms with Crippen molar-refractivity contribution in [3.05, 3.63) is 319 Å². The van der Waals surface area contributed by atoms with Crippen LogP contribution in [0.2, 0.25) is 0 Å². The molecule has 1 aliphatic carbocycles. The van der Waals surface area contributed by atoms with Crippen molar-refractivity contribution >= 4 is 116 Å². The number of rotatable bonds is 5. The van der Waals surface area contributed by atoms with Gasteiger partial charge in [-0.25, -0.2) is 0 Å². The fraction of sp³-hybridized carbons (Fsp3) is 0.0119. The molecule has 1 spiro atoms. The van der Waals surface area contributed by atoms with Crippen LogP contribution in [0.3, 0.4) is 0 Å². The third-order valence-electron chi connectivity index (χ3n) is 20.1. The van der Waals surface area contributed by atoms with E-state index < -0.39 is 5.41 Å². The number of para-hydroxylation sites is 8. The average Bonchev–Trinajstić information content (AvgIpc) is 1.45. The van der Waals surface area contributed by atoms with Crippen LogP contribution in [0.15, 0.2) is 301 Å². The van der Waals surface area contributed by atoms with Crippen LogP contribution in [0.1, 0.15) is 27.8 Å². The Bertz CT molecular complexity index is 6110. The maximum absolute atomic E-state index is 10.00. The van der Waals surface area contributed by atoms with E-state index in [1.165, 1.54) is 32.3 Å². The van der Waals surface area contributed by atoms with Crippen molar-refractivity contribution in [3.63, 3.8) is 0 Å². The first-order valence-electron chi connectivity index (χ1n) is 31.7. The number of benzene rings is 12. The monoisotopic (exact) mass is 1220 g/mol. The Morgan fingerprint density at radius 3 is 1.32 bits per heavy atom. The Morgan fingerprint density at radius 1 is 0.330 bits per heavy atom. The highest BCUT2D eigenvalue weighted by Crippen LogP contribution is 2.65. The van der Waals surface area contributed by atoms with Gasteiger partial charge in [0.25, 0.3) is 0 Å². The van der Waals surface area contributed by atoms with Crippen LogP contribution in [0, 0.1) is 11.3 Å². The Kier molecular flexibility index (Phi) is 10.4. The standard InChI is InChI=1S/C84H48N8OS/c85-47-50-36-40-73-62(42-50)61-24-7-12-29-70(61)88(73)52-38-41-75-80(46-52)94-79-35-16-15-32-74(79)89(75)51-37-39-63-78(45-51)93-77-34-17-33-76(92-71-30-13-5-22-59(71)60-23-6-14-31-72(60)92)81(77)84(63)64-43-53(90-66-25-8-1-18-55(66)56-19-2-9-26-67(56)90)48-86-82(64)83-65(84)44-54(49-87-83)91-68-27-10-3-20-57(68)58-21-4-11-28-69(58)91/h1-46,48-49H. The first kappa shape index (κ1) is 51.3. The van der Waals surface area contributed by atoms with Gasteiger partial charge in [0.05, 0.1) is 113 Å². The molecule has 3 aliphatic rings. The largest absolute Gasteiger partial charge is 0.457 e. The second-order valence-corrected chi connectivity index (χ2v) is 25.8. The molecule has 0 unspecified atom stereocenters. The summed E-state index contributed by atoms with van der Waals surface area (Å²) < 4.78 is 17.3. The predicted molar refractivity (Wildman–Crippen MR) is 380 cm³/mol. The first-order chi connectivity index (χ1) is 46.6. The molecule has 6 aromatic heterocycles. The van der Waals surface area contributed by atoms with Gasteiger partial charge in [-0.05, 0) is 121 Å². The SMILES string of the molecule is N#Cc1ccc2c(c1)c1ccccc1n2-c1ccc2c(c1)Sc1ccccc1N2c1ccc2c(c1)Oc1cccc(-n3c4ccccc4c4ccccc43)c1C21c2cc(-n3c4ccccc4c4ccccc43)cnc2-c2ncc(-n3c4ccccc4c4ccccc43)cc21. The van der Waals surface area contributed by atoms with Crippen LogP contribution in [0.4, 0.5) is 17.1 Å². The van der Waals surface area contributed by atoms with Crippen molar-refractivity contribution in [1.82, 2.24) is 28.2 Å². The van der Waals surface area contributed by atoms with Crippen LogP contribution >= 0.6 is 11.8 Å². The molecule has 12 aromatic carbocycles. The summed E-state index contributed by atoms with van der Waals surface area (Å²) in [5.74, 6) is 1.46. The van der Waals surface area contributed by atoms with Crippen molar-refractivity contribution in [3.8, 4) is 51.7 Å². The van der Waals surface area contributed by atoms with E-state index in [2.05, 4.69) is 296 Å². The molecule has 10 heteroatoms. The number of hydrogen-bond donors (Lipinski definition) is 0. The van der Waals surface area contributed by atoms with Crippen LogP contribution in [-0.2, 0) is 5.41 Å². The summed E-state index contributed by atoms with van der Waals surface area (Å²) in [6, 6.07) is 103.